The van der Waals surface area contributed by atoms with Crippen molar-refractivity contribution in [2.45, 2.75) is 18.9 Å². The molecule has 0 unspecified atom stereocenters. The number of amides is 1. The minimum atomic E-state index is -0.0601. The molecule has 2 aromatic rings. The van der Waals surface area contributed by atoms with Crippen LogP contribution in [0.2, 0.25) is 5.02 Å². The summed E-state index contributed by atoms with van der Waals surface area (Å²) >= 11 is 6.05. The van der Waals surface area contributed by atoms with Crippen LogP contribution in [0, 0.1) is 5.92 Å². The molecule has 1 N–H and O–H groups in total. The Kier molecular flexibility index (Phi) is 5.61. The number of aliphatic hydroxyl groups excluding tert-OH is 1. The normalized spacial score (nSPS) is 18.7. The zero-order valence-electron chi connectivity index (χ0n) is 14.2. The highest BCUT2D eigenvalue weighted by Crippen LogP contribution is 2.49. The maximum absolute atomic E-state index is 12.9. The molecule has 1 aliphatic carbocycles. The molecule has 0 aliphatic heterocycles. The average molecular weight is 360 g/mol. The predicted molar refractivity (Wildman–Crippen MR) is 97.8 cm³/mol. The second-order valence-corrected chi connectivity index (χ2v) is 6.74. The van der Waals surface area contributed by atoms with E-state index in [0.717, 1.165) is 23.3 Å². The SMILES string of the molecule is COc1ccccc1CN(CCO)C(=O)[C@@H]1C[C@H]1c1cccc(Cl)c1. The lowest BCUT2D eigenvalue weighted by Gasteiger charge is -2.23. The van der Waals surface area contributed by atoms with Crippen molar-refractivity contribution in [3.8, 4) is 5.75 Å². The zero-order chi connectivity index (χ0) is 17.8. The Morgan fingerprint density at radius 1 is 1.28 bits per heavy atom. The Labute approximate surface area is 153 Å². The molecule has 2 atom stereocenters. The predicted octanol–water partition coefficient (Wildman–Crippen LogP) is 3.47. The molecular formula is C20H22ClNO3. The number of rotatable bonds is 7. The Balaban J connectivity index is 1.72. The summed E-state index contributed by atoms with van der Waals surface area (Å²) in [6.45, 7) is 0.688. The summed E-state index contributed by atoms with van der Waals surface area (Å²) in [6.07, 6.45) is 0.826. The van der Waals surface area contributed by atoms with E-state index in [2.05, 4.69) is 0 Å². The van der Waals surface area contributed by atoms with Crippen LogP contribution in [0.1, 0.15) is 23.5 Å². The molecule has 0 aromatic heterocycles. The fourth-order valence-corrected chi connectivity index (χ4v) is 3.43. The summed E-state index contributed by atoms with van der Waals surface area (Å²) < 4.78 is 5.37. The number of aliphatic hydroxyl groups is 1. The van der Waals surface area contributed by atoms with Crippen molar-refractivity contribution >= 4 is 17.5 Å². The number of nitrogens with zero attached hydrogens (tertiary/aromatic N) is 1. The van der Waals surface area contributed by atoms with Crippen molar-refractivity contribution in [2.75, 3.05) is 20.3 Å². The van der Waals surface area contributed by atoms with E-state index < -0.39 is 0 Å². The number of carbonyl (C=O) groups excluding carboxylic acids is 1. The lowest BCUT2D eigenvalue weighted by molar-refractivity contribution is -0.133. The molecule has 1 aliphatic rings. The summed E-state index contributed by atoms with van der Waals surface area (Å²) in [5.41, 5.74) is 2.04. The molecule has 1 fully saturated rings. The third-order valence-electron chi connectivity index (χ3n) is 4.62. The van der Waals surface area contributed by atoms with E-state index in [0.29, 0.717) is 18.1 Å². The molecule has 5 heteroatoms. The lowest BCUT2D eigenvalue weighted by Crippen LogP contribution is -2.34. The Morgan fingerprint density at radius 3 is 2.80 bits per heavy atom. The highest BCUT2D eigenvalue weighted by Gasteiger charge is 2.45. The van der Waals surface area contributed by atoms with Gasteiger partial charge in [-0.25, -0.2) is 0 Å². The van der Waals surface area contributed by atoms with Gasteiger partial charge in [-0.05, 0) is 36.1 Å². The van der Waals surface area contributed by atoms with Crippen molar-refractivity contribution in [1.29, 1.82) is 0 Å². The monoisotopic (exact) mass is 359 g/mol. The average Bonchev–Trinajstić information content (AvgIpc) is 3.42. The number of methoxy groups -OCH3 is 1. The second-order valence-electron chi connectivity index (χ2n) is 6.30. The molecule has 0 spiro atoms. The molecule has 0 saturated heterocycles. The minimum absolute atomic E-state index is 0.0419. The van der Waals surface area contributed by atoms with Crippen molar-refractivity contribution in [3.05, 3.63) is 64.7 Å². The summed E-state index contributed by atoms with van der Waals surface area (Å²) in [5, 5.41) is 10.1. The zero-order valence-corrected chi connectivity index (χ0v) is 14.9. The topological polar surface area (TPSA) is 49.8 Å². The summed E-state index contributed by atoms with van der Waals surface area (Å²) in [5.74, 6) is 0.996. The van der Waals surface area contributed by atoms with E-state index in [1.54, 1.807) is 12.0 Å². The number of benzene rings is 2. The van der Waals surface area contributed by atoms with Crippen molar-refractivity contribution in [2.24, 2.45) is 5.92 Å². The van der Waals surface area contributed by atoms with Gasteiger partial charge in [0.2, 0.25) is 5.91 Å². The first-order valence-corrected chi connectivity index (χ1v) is 8.79. The number of hydrogen-bond acceptors (Lipinski definition) is 3. The Morgan fingerprint density at radius 2 is 2.08 bits per heavy atom. The molecule has 0 heterocycles. The Bertz CT molecular complexity index is 749. The van der Waals surface area contributed by atoms with Gasteiger partial charge in [0.1, 0.15) is 5.75 Å². The van der Waals surface area contributed by atoms with Crippen LogP contribution in [-0.2, 0) is 11.3 Å². The van der Waals surface area contributed by atoms with E-state index in [-0.39, 0.29) is 24.3 Å². The largest absolute Gasteiger partial charge is 0.496 e. The number of ether oxygens (including phenoxy) is 1. The fourth-order valence-electron chi connectivity index (χ4n) is 3.24. The number of carbonyl (C=O) groups is 1. The third kappa shape index (κ3) is 4.14. The van der Waals surface area contributed by atoms with Crippen LogP contribution >= 0.6 is 11.6 Å². The van der Waals surface area contributed by atoms with Gasteiger partial charge < -0.3 is 14.7 Å². The van der Waals surface area contributed by atoms with Gasteiger partial charge in [-0.2, -0.15) is 0 Å². The first-order valence-electron chi connectivity index (χ1n) is 8.41. The summed E-state index contributed by atoms with van der Waals surface area (Å²) in [4.78, 5) is 14.6. The van der Waals surface area contributed by atoms with Gasteiger partial charge in [0.25, 0.3) is 0 Å². The summed E-state index contributed by atoms with van der Waals surface area (Å²) in [7, 11) is 1.62. The van der Waals surface area contributed by atoms with E-state index in [4.69, 9.17) is 16.3 Å². The van der Waals surface area contributed by atoms with Crippen molar-refractivity contribution in [3.63, 3.8) is 0 Å². The maximum atomic E-state index is 12.9. The standard InChI is InChI=1S/C20H22ClNO3/c1-25-19-8-3-2-5-15(19)13-22(9-10-23)20(24)18-12-17(18)14-6-4-7-16(21)11-14/h2-8,11,17-18,23H,9-10,12-13H2,1H3/t17-,18+/m0/s1. The van der Waals surface area contributed by atoms with Gasteiger partial charge >= 0.3 is 0 Å². The molecule has 1 saturated carbocycles. The van der Waals surface area contributed by atoms with E-state index in [1.165, 1.54) is 0 Å². The van der Waals surface area contributed by atoms with Gasteiger partial charge in [0.05, 0.1) is 13.7 Å². The molecule has 2 aromatic carbocycles. The highest BCUT2D eigenvalue weighted by atomic mass is 35.5. The van der Waals surface area contributed by atoms with E-state index in [9.17, 15) is 9.90 Å². The second kappa shape index (κ2) is 7.89. The number of hydrogen-bond donors (Lipinski definition) is 1. The van der Waals surface area contributed by atoms with Gasteiger partial charge in [0.15, 0.2) is 0 Å². The third-order valence-corrected chi connectivity index (χ3v) is 4.85. The molecule has 0 radical (unpaired) electrons. The van der Waals surface area contributed by atoms with Gasteiger partial charge in [0, 0.05) is 29.6 Å². The van der Waals surface area contributed by atoms with Gasteiger partial charge in [-0.1, -0.05) is 41.9 Å². The van der Waals surface area contributed by atoms with Crippen molar-refractivity contribution < 1.29 is 14.6 Å². The van der Waals surface area contributed by atoms with Gasteiger partial charge in [-0.15, -0.1) is 0 Å². The van der Waals surface area contributed by atoms with Crippen molar-refractivity contribution in [1.82, 2.24) is 4.90 Å². The number of para-hydroxylation sites is 1. The van der Waals surface area contributed by atoms with Crippen LogP contribution in [0.25, 0.3) is 0 Å². The van der Waals surface area contributed by atoms with E-state index in [1.807, 2.05) is 48.5 Å². The van der Waals surface area contributed by atoms with Crippen LogP contribution in [0.5, 0.6) is 5.75 Å². The van der Waals surface area contributed by atoms with Crippen LogP contribution in [0.4, 0.5) is 0 Å². The minimum Gasteiger partial charge on any atom is -0.496 e. The lowest BCUT2D eigenvalue weighted by atomic mass is 10.1. The Hall–Kier alpha value is -2.04. The summed E-state index contributed by atoms with van der Waals surface area (Å²) in [6, 6.07) is 15.3. The number of halogens is 1. The first kappa shape index (κ1) is 17.8. The fraction of sp³-hybridized carbons (Fsp3) is 0.350. The molecule has 4 nitrogen and oxygen atoms in total. The van der Waals surface area contributed by atoms with Crippen LogP contribution in [0.15, 0.2) is 48.5 Å². The molecule has 132 valence electrons. The smallest absolute Gasteiger partial charge is 0.226 e. The molecule has 3 rings (SSSR count). The van der Waals surface area contributed by atoms with Crippen LogP contribution < -0.4 is 4.74 Å². The molecule has 1 amide bonds. The molecule has 25 heavy (non-hydrogen) atoms. The van der Waals surface area contributed by atoms with Crippen LogP contribution in [0.3, 0.4) is 0 Å². The van der Waals surface area contributed by atoms with E-state index >= 15 is 0 Å². The first-order chi connectivity index (χ1) is 12.1. The molecule has 0 bridgehead atoms. The quantitative estimate of drug-likeness (QED) is 0.823. The van der Waals surface area contributed by atoms with Gasteiger partial charge in [-0.3, -0.25) is 4.79 Å². The van der Waals surface area contributed by atoms with Crippen LogP contribution in [-0.4, -0.2) is 36.2 Å². The highest BCUT2D eigenvalue weighted by molar-refractivity contribution is 6.30. The molecular weight excluding hydrogens is 338 g/mol. The maximum Gasteiger partial charge on any atom is 0.226 e.